The molecule has 20 nitrogen and oxygen atoms in total. The minimum atomic E-state index is -1.35. The largest absolute Gasteiger partial charge is 0.508 e. The van der Waals surface area contributed by atoms with Crippen LogP contribution in [0.15, 0.2) is 170 Å². The van der Waals surface area contributed by atoms with Crippen LogP contribution in [0.1, 0.15) is 47.2 Å². The third-order valence-electron chi connectivity index (χ3n) is 12.9. The number of aromatic hydroxyl groups is 2. The molecule has 6 rings (SSSR count). The molecule has 8 atom stereocenters. The molecule has 0 unspecified atom stereocenters. The highest BCUT2D eigenvalue weighted by Crippen LogP contribution is 2.14. The van der Waals surface area contributed by atoms with E-state index in [9.17, 15) is 48.6 Å². The summed E-state index contributed by atoms with van der Waals surface area (Å²) in [6, 6.07) is 37.8. The normalized spacial score (nSPS) is 13.9. The summed E-state index contributed by atoms with van der Waals surface area (Å²) < 4.78 is 0. The Kier molecular flexibility index (Phi) is 22.4. The predicted octanol–water partition coefficient (Wildman–Crippen LogP) is 1.60. The van der Waals surface area contributed by atoms with Gasteiger partial charge in [0.25, 0.3) is 11.8 Å². The van der Waals surface area contributed by atoms with Crippen molar-refractivity contribution in [3.05, 3.63) is 203 Å². The number of hydrogen-bond donors (Lipinski definition) is 12. The van der Waals surface area contributed by atoms with Crippen molar-refractivity contribution in [2.24, 2.45) is 11.5 Å². The van der Waals surface area contributed by atoms with Gasteiger partial charge in [0.15, 0.2) is 0 Å². The highest BCUT2D eigenvalue weighted by atomic mass is 16.3. The van der Waals surface area contributed by atoms with Gasteiger partial charge < -0.3 is 53.6 Å². The maximum Gasteiger partial charge on any atom is 0.261 e. The number of phenolic OH excluding ortho intramolecular Hbond substituents is 2. The second kappa shape index (κ2) is 29.9. The van der Waals surface area contributed by atoms with Gasteiger partial charge in [0.2, 0.25) is 35.4 Å². The predicted molar refractivity (Wildman–Crippen MR) is 299 cm³/mol. The second-order valence-electron chi connectivity index (χ2n) is 19.4. The zero-order valence-corrected chi connectivity index (χ0v) is 44.3. The molecule has 8 amide bonds. The molecule has 20 heteroatoms. The Morgan fingerprint density at radius 3 is 0.825 bits per heavy atom. The molecule has 0 fully saturated rings. The molecule has 80 heavy (non-hydrogen) atoms. The molecule has 418 valence electrons. The van der Waals surface area contributed by atoms with Crippen LogP contribution in [0.3, 0.4) is 0 Å². The van der Waals surface area contributed by atoms with Crippen LogP contribution in [0, 0.1) is 0 Å². The quantitative estimate of drug-likeness (QED) is 0.0345. The molecule has 0 radical (unpaired) electrons. The van der Waals surface area contributed by atoms with E-state index in [1.54, 1.807) is 146 Å². The van der Waals surface area contributed by atoms with Crippen molar-refractivity contribution in [1.29, 1.82) is 0 Å². The van der Waals surface area contributed by atoms with Gasteiger partial charge in [-0.3, -0.25) is 49.2 Å². The van der Waals surface area contributed by atoms with Crippen molar-refractivity contribution in [2.45, 2.75) is 101 Å². The van der Waals surface area contributed by atoms with Gasteiger partial charge in [0.05, 0.1) is 12.1 Å². The molecule has 0 aliphatic heterocycles. The first-order chi connectivity index (χ1) is 38.4. The first-order valence-electron chi connectivity index (χ1n) is 26.0. The number of amides is 8. The Bertz CT molecular complexity index is 2810. The lowest BCUT2D eigenvalue weighted by atomic mass is 10.0. The average molecular weight is 1090 g/mol. The Morgan fingerprint density at radius 2 is 0.550 bits per heavy atom. The number of carbonyl (C=O) groups excluding carboxylic acids is 8. The molecule has 0 spiro atoms. The van der Waals surface area contributed by atoms with Gasteiger partial charge in [0.1, 0.15) is 47.8 Å². The van der Waals surface area contributed by atoms with Crippen LogP contribution in [-0.2, 0) is 76.9 Å². The lowest BCUT2D eigenvalue weighted by molar-refractivity contribution is -0.136. The van der Waals surface area contributed by atoms with E-state index in [1.165, 1.54) is 38.1 Å². The van der Waals surface area contributed by atoms with Crippen molar-refractivity contribution in [2.75, 3.05) is 0 Å². The van der Waals surface area contributed by atoms with E-state index >= 15 is 0 Å². The van der Waals surface area contributed by atoms with Gasteiger partial charge in [-0.05, 0) is 84.3 Å². The topological polar surface area (TPSA) is 325 Å². The summed E-state index contributed by atoms with van der Waals surface area (Å²) >= 11 is 0. The first kappa shape index (κ1) is 59.8. The van der Waals surface area contributed by atoms with Crippen molar-refractivity contribution in [1.82, 2.24) is 42.8 Å². The molecule has 0 heterocycles. The van der Waals surface area contributed by atoms with Crippen LogP contribution < -0.4 is 54.2 Å². The fraction of sp³-hybridized carbons (Fsp3) is 0.267. The second-order valence-corrected chi connectivity index (χ2v) is 19.4. The highest BCUT2D eigenvalue weighted by molar-refractivity contribution is 5.97. The van der Waals surface area contributed by atoms with Crippen LogP contribution in [0.5, 0.6) is 11.5 Å². The van der Waals surface area contributed by atoms with Gasteiger partial charge in [0, 0.05) is 25.7 Å². The van der Waals surface area contributed by atoms with Crippen molar-refractivity contribution >= 4 is 47.3 Å². The smallest absolute Gasteiger partial charge is 0.261 e. The van der Waals surface area contributed by atoms with Crippen molar-refractivity contribution < 1.29 is 48.6 Å². The minimum absolute atomic E-state index is 0.0216. The van der Waals surface area contributed by atoms with Gasteiger partial charge >= 0.3 is 0 Å². The van der Waals surface area contributed by atoms with Gasteiger partial charge in [-0.25, -0.2) is 0 Å². The molecule has 6 aromatic rings. The molecule has 6 aromatic carbocycles. The standard InChI is InChI=1S/C60H68N10O10/c1-37(63-55(75)47(61)31-43-23-27-45(71)28-24-43)53(73)65-49(33-39-15-7-3-8-16-39)57(77)67-51(35-41-19-11-5-12-20-41)59(79)69-70-60(80)52(36-42-21-13-6-14-22-42)68-58(78)50(34-40-17-9-4-10-18-40)66-54(74)38(2)64-56(76)48(62)32-44-25-29-46(72)30-26-44/h3-30,37-38,47-52,71-72H,31-36,61-62H2,1-2H3,(H,63,75)(H,64,76)(H,65,73)(H,66,74)(H,67,77)(H,68,78)(H,69,79)(H,70,80)/t37-,38-,47+,48+,49+,50+,51+,52+/m1/s1. The number of phenols is 2. The van der Waals surface area contributed by atoms with Crippen molar-refractivity contribution in [3.63, 3.8) is 0 Å². The first-order valence-corrected chi connectivity index (χ1v) is 26.0. The Labute approximate surface area is 463 Å². The molecular weight excluding hydrogens is 1020 g/mol. The van der Waals surface area contributed by atoms with E-state index in [4.69, 9.17) is 11.5 Å². The Balaban J connectivity index is 1.16. The summed E-state index contributed by atoms with van der Waals surface area (Å²) in [7, 11) is 0. The summed E-state index contributed by atoms with van der Waals surface area (Å²) in [5.41, 5.74) is 21.1. The van der Waals surface area contributed by atoms with Crippen LogP contribution in [0.25, 0.3) is 0 Å². The molecule has 0 saturated carbocycles. The summed E-state index contributed by atoms with van der Waals surface area (Å²) in [5.74, 6) is -5.85. The fourth-order valence-corrected chi connectivity index (χ4v) is 8.40. The minimum Gasteiger partial charge on any atom is -0.508 e. The highest BCUT2D eigenvalue weighted by Gasteiger charge is 2.33. The van der Waals surface area contributed by atoms with Crippen molar-refractivity contribution in [3.8, 4) is 11.5 Å². The molecule has 0 bridgehead atoms. The number of hydrogen-bond acceptors (Lipinski definition) is 12. The fourth-order valence-electron chi connectivity index (χ4n) is 8.40. The van der Waals surface area contributed by atoms with Crippen LogP contribution in [-0.4, -0.2) is 106 Å². The zero-order chi connectivity index (χ0) is 57.6. The Hall–Kier alpha value is -9.40. The van der Waals surface area contributed by atoms with Crippen LogP contribution in [0.4, 0.5) is 0 Å². The number of nitrogens with two attached hydrogens (primary N) is 2. The summed E-state index contributed by atoms with van der Waals surface area (Å²) in [6.07, 6.45) is 0.0544. The van der Waals surface area contributed by atoms with E-state index in [1.807, 2.05) is 0 Å². The summed E-state index contributed by atoms with van der Waals surface area (Å²) in [6.45, 7) is 2.87. The molecule has 0 aliphatic carbocycles. The maximum atomic E-state index is 14.4. The molecule has 0 saturated heterocycles. The van der Waals surface area contributed by atoms with E-state index < -0.39 is 95.6 Å². The number of carbonyl (C=O) groups is 8. The summed E-state index contributed by atoms with van der Waals surface area (Å²) in [5, 5.41) is 35.4. The molecule has 0 aliphatic rings. The number of nitrogens with one attached hydrogen (secondary N) is 8. The van der Waals surface area contributed by atoms with Crippen LogP contribution >= 0.6 is 0 Å². The van der Waals surface area contributed by atoms with E-state index in [-0.39, 0.29) is 50.0 Å². The van der Waals surface area contributed by atoms with Gasteiger partial charge in [-0.15, -0.1) is 0 Å². The number of hydrazine groups is 1. The SMILES string of the molecule is C[C@@H](NC(=O)[C@@H](N)Cc1ccc(O)cc1)C(=O)N[C@@H](Cc1ccccc1)C(=O)N[C@@H](Cc1ccccc1)C(=O)NNC(=O)[C@H](Cc1ccccc1)NC(=O)[C@H](Cc1ccccc1)NC(=O)[C@@H](C)NC(=O)[C@@H](N)Cc1ccc(O)cc1. The summed E-state index contributed by atoms with van der Waals surface area (Å²) in [4.78, 5) is 111. The van der Waals surface area contributed by atoms with E-state index in [0.717, 1.165) is 0 Å². The lowest BCUT2D eigenvalue weighted by Gasteiger charge is -2.26. The third-order valence-corrected chi connectivity index (χ3v) is 12.9. The van der Waals surface area contributed by atoms with Gasteiger partial charge in [-0.2, -0.15) is 0 Å². The third kappa shape index (κ3) is 19.3. The number of benzene rings is 6. The molecule has 0 aromatic heterocycles. The van der Waals surface area contributed by atoms with Gasteiger partial charge in [-0.1, -0.05) is 146 Å². The zero-order valence-electron chi connectivity index (χ0n) is 44.3. The Morgan fingerprint density at radius 1 is 0.312 bits per heavy atom. The lowest BCUT2D eigenvalue weighted by Crippen LogP contribution is -2.61. The average Bonchev–Trinajstić information content (AvgIpc) is 3.46. The maximum absolute atomic E-state index is 14.4. The monoisotopic (exact) mass is 1090 g/mol. The van der Waals surface area contributed by atoms with Crippen LogP contribution in [0.2, 0.25) is 0 Å². The van der Waals surface area contributed by atoms with E-state index in [0.29, 0.717) is 33.4 Å². The number of rotatable bonds is 26. The van der Waals surface area contributed by atoms with E-state index in [2.05, 4.69) is 42.8 Å². The molecule has 14 N–H and O–H groups in total. The molecular formula is C60H68N10O10.